The molecular formula is C18H15N3O6. The molecule has 138 valence electrons. The summed E-state index contributed by atoms with van der Waals surface area (Å²) >= 11 is 0. The number of anilines is 1. The number of nitrogens with one attached hydrogen (secondary N) is 1. The van der Waals surface area contributed by atoms with Gasteiger partial charge in [-0.3, -0.25) is 10.1 Å². The summed E-state index contributed by atoms with van der Waals surface area (Å²) in [5.41, 5.74) is 0.976. The van der Waals surface area contributed by atoms with Crippen molar-refractivity contribution in [1.29, 1.82) is 0 Å². The second-order valence-electron chi connectivity index (χ2n) is 5.54. The molecule has 2 aromatic carbocycles. The van der Waals surface area contributed by atoms with Gasteiger partial charge in [-0.2, -0.15) is 0 Å². The van der Waals surface area contributed by atoms with Crippen molar-refractivity contribution >= 4 is 11.9 Å². The van der Waals surface area contributed by atoms with Crippen LogP contribution in [0.3, 0.4) is 0 Å². The van der Waals surface area contributed by atoms with Crippen molar-refractivity contribution in [2.24, 2.45) is 0 Å². The molecule has 4 rings (SSSR count). The Bertz CT molecular complexity index is 978. The van der Waals surface area contributed by atoms with Gasteiger partial charge in [-0.05, 0) is 30.3 Å². The molecule has 0 aliphatic carbocycles. The molecule has 1 amide bonds. The molecule has 0 atom stereocenters. The van der Waals surface area contributed by atoms with E-state index in [9.17, 15) is 4.79 Å². The van der Waals surface area contributed by atoms with Gasteiger partial charge in [-0.1, -0.05) is 5.10 Å². The van der Waals surface area contributed by atoms with Crippen molar-refractivity contribution in [1.82, 2.24) is 10.2 Å². The van der Waals surface area contributed by atoms with Crippen LogP contribution >= 0.6 is 0 Å². The Morgan fingerprint density at radius 1 is 1.00 bits per heavy atom. The highest BCUT2D eigenvalue weighted by Crippen LogP contribution is 2.35. The second-order valence-corrected chi connectivity index (χ2v) is 5.54. The molecule has 9 heteroatoms. The Kier molecular flexibility index (Phi) is 4.25. The first kappa shape index (κ1) is 16.7. The summed E-state index contributed by atoms with van der Waals surface area (Å²) in [7, 11) is 3.01. The quantitative estimate of drug-likeness (QED) is 0.732. The van der Waals surface area contributed by atoms with Gasteiger partial charge in [-0.15, -0.1) is 5.10 Å². The third kappa shape index (κ3) is 3.34. The van der Waals surface area contributed by atoms with E-state index in [1.165, 1.54) is 14.2 Å². The lowest BCUT2D eigenvalue weighted by atomic mass is 10.2. The standard InChI is InChI=1S/C18H15N3O6/c1-23-12-5-11(6-13(8-12)24-2)16(22)19-18-21-20-17(27-18)10-3-4-14-15(7-10)26-9-25-14/h3-8H,9H2,1-2H3,(H,19,21,22). The fourth-order valence-electron chi connectivity index (χ4n) is 2.53. The Morgan fingerprint density at radius 3 is 2.48 bits per heavy atom. The Hall–Kier alpha value is -3.75. The first-order chi connectivity index (χ1) is 13.2. The fourth-order valence-corrected chi connectivity index (χ4v) is 2.53. The molecule has 0 saturated heterocycles. The Labute approximate surface area is 153 Å². The first-order valence-corrected chi connectivity index (χ1v) is 7.94. The topological polar surface area (TPSA) is 105 Å². The smallest absolute Gasteiger partial charge is 0.322 e. The maximum atomic E-state index is 12.5. The lowest BCUT2D eigenvalue weighted by Crippen LogP contribution is -2.12. The molecule has 1 aromatic heterocycles. The monoisotopic (exact) mass is 369 g/mol. The number of carbonyl (C=O) groups is 1. The third-order valence-corrected chi connectivity index (χ3v) is 3.88. The van der Waals surface area contributed by atoms with Crippen LogP contribution in [-0.4, -0.2) is 37.1 Å². The van der Waals surface area contributed by atoms with Crippen molar-refractivity contribution in [3.05, 3.63) is 42.0 Å². The van der Waals surface area contributed by atoms with Crippen LogP contribution in [0, 0.1) is 0 Å². The summed E-state index contributed by atoms with van der Waals surface area (Å²) in [6, 6.07) is 10.0. The maximum absolute atomic E-state index is 12.5. The molecule has 0 radical (unpaired) electrons. The largest absolute Gasteiger partial charge is 0.497 e. The summed E-state index contributed by atoms with van der Waals surface area (Å²) in [6.45, 7) is 0.175. The highest BCUT2D eigenvalue weighted by atomic mass is 16.7. The van der Waals surface area contributed by atoms with Crippen molar-refractivity contribution in [2.75, 3.05) is 26.3 Å². The maximum Gasteiger partial charge on any atom is 0.322 e. The molecule has 9 nitrogen and oxygen atoms in total. The molecule has 0 saturated carbocycles. The predicted octanol–water partition coefficient (Wildman–Crippen LogP) is 2.73. The highest BCUT2D eigenvalue weighted by molar-refractivity contribution is 6.03. The van der Waals surface area contributed by atoms with E-state index in [1.807, 2.05) is 0 Å². The second kappa shape index (κ2) is 6.87. The zero-order chi connectivity index (χ0) is 18.8. The molecule has 2 heterocycles. The van der Waals surface area contributed by atoms with Crippen molar-refractivity contribution in [3.63, 3.8) is 0 Å². The number of carbonyl (C=O) groups excluding carboxylic acids is 1. The van der Waals surface area contributed by atoms with Gasteiger partial charge >= 0.3 is 6.01 Å². The molecule has 3 aromatic rings. The number of rotatable bonds is 5. The van der Waals surface area contributed by atoms with Gasteiger partial charge < -0.3 is 23.4 Å². The van der Waals surface area contributed by atoms with Crippen LogP contribution in [0.25, 0.3) is 11.5 Å². The van der Waals surface area contributed by atoms with Crippen LogP contribution in [0.2, 0.25) is 0 Å². The number of methoxy groups -OCH3 is 2. The average molecular weight is 369 g/mol. The molecule has 1 N–H and O–H groups in total. The number of aromatic nitrogens is 2. The summed E-state index contributed by atoms with van der Waals surface area (Å²) in [5.74, 6) is 2.04. The molecule has 0 unspecified atom stereocenters. The van der Waals surface area contributed by atoms with E-state index in [4.69, 9.17) is 23.4 Å². The summed E-state index contributed by atoms with van der Waals surface area (Å²) in [4.78, 5) is 12.5. The van der Waals surface area contributed by atoms with Crippen LogP contribution in [0.1, 0.15) is 10.4 Å². The zero-order valence-corrected chi connectivity index (χ0v) is 14.5. The van der Waals surface area contributed by atoms with Gasteiger partial charge in [0.15, 0.2) is 11.5 Å². The van der Waals surface area contributed by atoms with Crippen LogP contribution in [0.4, 0.5) is 6.01 Å². The molecular weight excluding hydrogens is 354 g/mol. The molecule has 0 fully saturated rings. The van der Waals surface area contributed by atoms with E-state index in [-0.39, 0.29) is 18.7 Å². The number of benzene rings is 2. The van der Waals surface area contributed by atoms with E-state index < -0.39 is 5.91 Å². The van der Waals surface area contributed by atoms with E-state index in [1.54, 1.807) is 36.4 Å². The van der Waals surface area contributed by atoms with Crippen molar-refractivity contribution in [2.45, 2.75) is 0 Å². The molecule has 1 aliphatic rings. The number of nitrogens with zero attached hydrogens (tertiary/aromatic N) is 2. The van der Waals surface area contributed by atoms with Gasteiger partial charge in [0, 0.05) is 17.2 Å². The fraction of sp³-hybridized carbons (Fsp3) is 0.167. The van der Waals surface area contributed by atoms with Gasteiger partial charge in [0.05, 0.1) is 14.2 Å². The minimum Gasteiger partial charge on any atom is -0.497 e. The molecule has 0 spiro atoms. The van der Waals surface area contributed by atoms with Gasteiger partial charge in [-0.25, -0.2) is 0 Å². The Balaban J connectivity index is 1.53. The lowest BCUT2D eigenvalue weighted by Gasteiger charge is -2.07. The summed E-state index contributed by atoms with van der Waals surface area (Å²) in [6.07, 6.45) is 0. The number of hydrogen-bond acceptors (Lipinski definition) is 8. The molecule has 1 aliphatic heterocycles. The van der Waals surface area contributed by atoms with Crippen molar-refractivity contribution in [3.8, 4) is 34.5 Å². The zero-order valence-electron chi connectivity index (χ0n) is 14.5. The van der Waals surface area contributed by atoms with Gasteiger partial charge in [0.25, 0.3) is 5.91 Å². The van der Waals surface area contributed by atoms with Gasteiger partial charge in [0.1, 0.15) is 11.5 Å². The number of ether oxygens (including phenoxy) is 4. The van der Waals surface area contributed by atoms with Crippen LogP contribution in [0.5, 0.6) is 23.0 Å². The lowest BCUT2D eigenvalue weighted by molar-refractivity contribution is 0.102. The van der Waals surface area contributed by atoms with Crippen molar-refractivity contribution < 1.29 is 28.2 Å². The third-order valence-electron chi connectivity index (χ3n) is 3.88. The van der Waals surface area contributed by atoms with Crippen LogP contribution < -0.4 is 24.3 Å². The van der Waals surface area contributed by atoms with E-state index in [0.29, 0.717) is 34.1 Å². The summed E-state index contributed by atoms with van der Waals surface area (Å²) < 4.78 is 26.4. The normalized spacial score (nSPS) is 11.9. The first-order valence-electron chi connectivity index (χ1n) is 7.94. The average Bonchev–Trinajstić information content (AvgIpc) is 3.36. The van der Waals surface area contributed by atoms with Crippen LogP contribution in [-0.2, 0) is 0 Å². The Morgan fingerprint density at radius 2 is 1.74 bits per heavy atom. The highest BCUT2D eigenvalue weighted by Gasteiger charge is 2.18. The number of amides is 1. The van der Waals surface area contributed by atoms with Crippen LogP contribution in [0.15, 0.2) is 40.8 Å². The number of hydrogen-bond donors (Lipinski definition) is 1. The predicted molar refractivity (Wildman–Crippen MR) is 93.4 cm³/mol. The van der Waals surface area contributed by atoms with E-state index in [0.717, 1.165) is 0 Å². The number of fused-ring (bicyclic) bond motifs is 1. The SMILES string of the molecule is COc1cc(OC)cc(C(=O)Nc2nnc(-c3ccc4c(c3)OCO4)o2)c1. The van der Waals surface area contributed by atoms with Gasteiger partial charge in [0.2, 0.25) is 12.7 Å². The minimum absolute atomic E-state index is 0.0329. The molecule has 0 bridgehead atoms. The van der Waals surface area contributed by atoms with E-state index in [2.05, 4.69) is 15.5 Å². The summed E-state index contributed by atoms with van der Waals surface area (Å²) in [5, 5.41) is 10.4. The minimum atomic E-state index is -0.437. The molecule has 27 heavy (non-hydrogen) atoms. The van der Waals surface area contributed by atoms with E-state index >= 15 is 0 Å².